The number of benzene rings is 2. The van der Waals surface area contributed by atoms with Crippen LogP contribution in [0, 0.1) is 0 Å². The van der Waals surface area contributed by atoms with E-state index in [9.17, 15) is 19.8 Å². The summed E-state index contributed by atoms with van der Waals surface area (Å²) in [6.07, 6.45) is -2.59. The van der Waals surface area contributed by atoms with Crippen LogP contribution in [-0.2, 0) is 9.53 Å². The highest BCUT2D eigenvalue weighted by Gasteiger charge is 2.47. The third-order valence-corrected chi connectivity index (χ3v) is 5.97. The minimum Gasteiger partial charge on any atom is -0.387 e. The smallest absolute Gasteiger partial charge is 0.256 e. The monoisotopic (exact) mass is 488 g/mol. The number of likely N-dealkylation sites (N-methyl/N-ethyl adjacent to an activating group) is 1. The van der Waals surface area contributed by atoms with Crippen molar-refractivity contribution in [2.75, 3.05) is 11.9 Å². The van der Waals surface area contributed by atoms with Crippen LogP contribution in [0.15, 0.2) is 67.3 Å². The molecule has 0 radical (unpaired) electrons. The predicted molar refractivity (Wildman–Crippen MR) is 130 cm³/mol. The lowest BCUT2D eigenvalue weighted by molar-refractivity contribution is -0.137. The van der Waals surface area contributed by atoms with Crippen molar-refractivity contribution in [1.82, 2.24) is 24.8 Å². The van der Waals surface area contributed by atoms with Gasteiger partial charge in [0.1, 0.15) is 18.5 Å². The average molecular weight is 489 g/mol. The average Bonchev–Trinajstić information content (AvgIpc) is 3.46. The van der Waals surface area contributed by atoms with Crippen LogP contribution in [0.1, 0.15) is 23.5 Å². The Labute approximate surface area is 205 Å². The zero-order valence-corrected chi connectivity index (χ0v) is 19.3. The van der Waals surface area contributed by atoms with Gasteiger partial charge < -0.3 is 25.6 Å². The fourth-order valence-corrected chi connectivity index (χ4v) is 4.13. The molecule has 2 amide bonds. The first-order valence-corrected chi connectivity index (χ1v) is 11.4. The van der Waals surface area contributed by atoms with Gasteiger partial charge in [-0.3, -0.25) is 14.2 Å². The Bertz CT molecular complexity index is 1390. The highest BCUT2D eigenvalue weighted by Crippen LogP contribution is 2.32. The molecule has 1 aliphatic heterocycles. The van der Waals surface area contributed by atoms with Gasteiger partial charge in [0.05, 0.1) is 6.33 Å². The molecule has 4 aromatic rings. The lowest BCUT2D eigenvalue weighted by Crippen LogP contribution is -2.42. The van der Waals surface area contributed by atoms with E-state index in [2.05, 4.69) is 25.6 Å². The minimum atomic E-state index is -1.43. The highest BCUT2D eigenvalue weighted by atomic mass is 16.6. The van der Waals surface area contributed by atoms with Gasteiger partial charge in [-0.2, -0.15) is 0 Å². The van der Waals surface area contributed by atoms with Gasteiger partial charge in [-0.1, -0.05) is 42.5 Å². The molecule has 0 spiro atoms. The van der Waals surface area contributed by atoms with Crippen molar-refractivity contribution in [2.24, 2.45) is 0 Å². The number of aliphatic hydroxyl groups is 2. The summed E-state index contributed by atoms with van der Waals surface area (Å²) in [6.45, 7) is 2.09. The first-order chi connectivity index (χ1) is 17.5. The molecule has 0 bridgehead atoms. The van der Waals surface area contributed by atoms with E-state index in [0.717, 1.165) is 11.1 Å². The zero-order valence-electron chi connectivity index (χ0n) is 19.3. The second kappa shape index (κ2) is 9.82. The van der Waals surface area contributed by atoms with Gasteiger partial charge in [0.2, 0.25) is 0 Å². The van der Waals surface area contributed by atoms with E-state index >= 15 is 0 Å². The van der Waals surface area contributed by atoms with E-state index in [1.165, 1.54) is 17.2 Å². The first kappa shape index (κ1) is 23.5. The molecule has 184 valence electrons. The van der Waals surface area contributed by atoms with Crippen LogP contribution in [0.5, 0.6) is 0 Å². The number of nitrogens with zero attached hydrogens (tertiary/aromatic N) is 4. The summed E-state index contributed by atoms with van der Waals surface area (Å²) >= 11 is 0. The van der Waals surface area contributed by atoms with Gasteiger partial charge in [0.15, 0.2) is 29.3 Å². The molecule has 0 unspecified atom stereocenters. The Kier molecular flexibility index (Phi) is 6.42. The summed E-state index contributed by atoms with van der Waals surface area (Å²) in [5.41, 5.74) is 2.98. The summed E-state index contributed by atoms with van der Waals surface area (Å²) < 4.78 is 7.05. The molecule has 0 aliphatic carbocycles. The molecule has 1 aliphatic rings. The fourth-order valence-electron chi connectivity index (χ4n) is 4.13. The van der Waals surface area contributed by atoms with E-state index in [1.54, 1.807) is 19.1 Å². The fraction of sp³-hybridized carbons (Fsp3) is 0.240. The number of fused-ring (bicyclic) bond motifs is 1. The lowest BCUT2D eigenvalue weighted by atomic mass is 10.0. The van der Waals surface area contributed by atoms with Gasteiger partial charge in [-0.15, -0.1) is 0 Å². The third-order valence-electron chi connectivity index (χ3n) is 5.97. The van der Waals surface area contributed by atoms with E-state index < -0.39 is 30.4 Å². The van der Waals surface area contributed by atoms with Crippen LogP contribution in [0.4, 0.5) is 5.82 Å². The number of ether oxygens (including phenoxy) is 1. The molecule has 1 fully saturated rings. The van der Waals surface area contributed by atoms with E-state index in [-0.39, 0.29) is 22.9 Å². The number of aromatic nitrogens is 4. The van der Waals surface area contributed by atoms with Crippen molar-refractivity contribution >= 4 is 28.8 Å². The summed E-state index contributed by atoms with van der Waals surface area (Å²) in [6, 6.07) is 17.0. The van der Waals surface area contributed by atoms with Crippen molar-refractivity contribution in [2.45, 2.75) is 31.5 Å². The molecule has 11 nitrogen and oxygen atoms in total. The van der Waals surface area contributed by atoms with Crippen LogP contribution >= 0.6 is 0 Å². The number of nitrogens with one attached hydrogen (secondary N) is 2. The van der Waals surface area contributed by atoms with E-state index in [1.807, 2.05) is 42.5 Å². The largest absolute Gasteiger partial charge is 0.387 e. The maximum atomic E-state index is 12.9. The molecule has 4 N–H and O–H groups in total. The number of aliphatic hydroxyl groups excluding tert-OH is 2. The number of anilines is 1. The van der Waals surface area contributed by atoms with Gasteiger partial charge in [0.25, 0.3) is 11.8 Å². The van der Waals surface area contributed by atoms with Crippen molar-refractivity contribution in [1.29, 1.82) is 0 Å². The van der Waals surface area contributed by atoms with Crippen LogP contribution in [-0.4, -0.2) is 66.4 Å². The molecular weight excluding hydrogens is 464 g/mol. The normalized spacial score (nSPS) is 21.4. The van der Waals surface area contributed by atoms with Crippen molar-refractivity contribution in [3.05, 3.63) is 72.8 Å². The molecule has 2 aromatic heterocycles. The van der Waals surface area contributed by atoms with Crippen LogP contribution in [0.25, 0.3) is 22.3 Å². The van der Waals surface area contributed by atoms with E-state index in [4.69, 9.17) is 4.74 Å². The number of amides is 2. The molecule has 4 atom stereocenters. The summed E-state index contributed by atoms with van der Waals surface area (Å²) in [5.74, 6) is -0.742. The van der Waals surface area contributed by atoms with Gasteiger partial charge in [-0.05, 0) is 30.2 Å². The minimum absolute atomic E-state index is 0.171. The molecule has 1 saturated heterocycles. The van der Waals surface area contributed by atoms with Crippen LogP contribution in [0.3, 0.4) is 0 Å². The highest BCUT2D eigenvalue weighted by molar-refractivity contribution is 6.06. The molecule has 36 heavy (non-hydrogen) atoms. The van der Waals surface area contributed by atoms with Crippen molar-refractivity contribution < 1.29 is 24.5 Å². The molecule has 0 saturated carbocycles. The molecule has 11 heteroatoms. The Morgan fingerprint density at radius 1 is 0.972 bits per heavy atom. The number of hydrogen-bond acceptors (Lipinski definition) is 8. The van der Waals surface area contributed by atoms with Crippen molar-refractivity contribution in [3.8, 4) is 11.1 Å². The summed E-state index contributed by atoms with van der Waals surface area (Å²) in [5, 5.41) is 26.2. The van der Waals surface area contributed by atoms with Gasteiger partial charge in [0, 0.05) is 12.1 Å². The number of rotatable bonds is 6. The summed E-state index contributed by atoms with van der Waals surface area (Å²) in [7, 11) is 0. The number of carbonyl (C=O) groups excluding carboxylic acids is 2. The standard InChI is InChI=1S/C25H24N6O5/c1-2-26-24(35)20-18(32)19(33)25(36-20)31-13-29-17-21(27-12-28-22(17)31)30-23(34)16-10-8-15(9-11-16)14-6-4-3-5-7-14/h3-13,18-20,25,32-33H,2H2,1H3,(H,26,35)(H,27,28,30,34)/t18-,19+,20-,25+/m0/s1. The molecule has 5 rings (SSSR count). The van der Waals surface area contributed by atoms with Gasteiger partial charge in [-0.25, -0.2) is 15.0 Å². The Balaban J connectivity index is 1.37. The predicted octanol–water partition coefficient (Wildman–Crippen LogP) is 1.50. The molecule has 2 aromatic carbocycles. The Hall–Kier alpha value is -4.19. The molecular formula is C25H24N6O5. The lowest BCUT2D eigenvalue weighted by Gasteiger charge is -2.16. The second-order valence-corrected chi connectivity index (χ2v) is 8.27. The molecule has 3 heterocycles. The SMILES string of the molecule is CCNC(=O)[C@H]1O[C@@H](n2cnc3c(NC(=O)c4ccc(-c5ccccc5)cc4)ncnc32)[C@H](O)[C@@H]1O. The Morgan fingerprint density at radius 3 is 2.42 bits per heavy atom. The number of imidazole rings is 1. The Morgan fingerprint density at radius 2 is 1.69 bits per heavy atom. The topological polar surface area (TPSA) is 151 Å². The number of carbonyl (C=O) groups is 2. The van der Waals surface area contributed by atoms with Crippen LogP contribution in [0.2, 0.25) is 0 Å². The van der Waals surface area contributed by atoms with E-state index in [0.29, 0.717) is 12.1 Å². The maximum Gasteiger partial charge on any atom is 0.256 e. The number of hydrogen-bond donors (Lipinski definition) is 4. The first-order valence-electron chi connectivity index (χ1n) is 11.4. The second-order valence-electron chi connectivity index (χ2n) is 8.27. The summed E-state index contributed by atoms with van der Waals surface area (Å²) in [4.78, 5) is 37.7. The van der Waals surface area contributed by atoms with Crippen LogP contribution < -0.4 is 10.6 Å². The quantitative estimate of drug-likeness (QED) is 0.319. The van der Waals surface area contributed by atoms with Crippen molar-refractivity contribution in [3.63, 3.8) is 0 Å². The van der Waals surface area contributed by atoms with Gasteiger partial charge >= 0.3 is 0 Å². The third kappa shape index (κ3) is 4.31. The maximum absolute atomic E-state index is 12.9. The zero-order chi connectivity index (χ0) is 25.2.